The third-order valence-corrected chi connectivity index (χ3v) is 10.00. The molecule has 43 heavy (non-hydrogen) atoms. The number of hydrogen-bond acceptors (Lipinski definition) is 5. The van der Waals surface area contributed by atoms with Gasteiger partial charge in [0.25, 0.3) is 0 Å². The third kappa shape index (κ3) is 5.33. The lowest BCUT2D eigenvalue weighted by molar-refractivity contribution is -0.150. The summed E-state index contributed by atoms with van der Waals surface area (Å²) in [6.07, 6.45) is 3.06. The lowest BCUT2D eigenvalue weighted by Crippen LogP contribution is -2.62. The summed E-state index contributed by atoms with van der Waals surface area (Å²) < 4.78 is 11.0. The molecule has 2 aromatic heterocycles. The number of aryl methyl sites for hydroxylation is 1. The quantitative estimate of drug-likeness (QED) is 0.240. The molecule has 1 aliphatic carbocycles. The molecule has 1 saturated heterocycles. The largest absolute Gasteiger partial charge is 0.497 e. The third-order valence-electron chi connectivity index (χ3n) is 10.00. The van der Waals surface area contributed by atoms with Crippen molar-refractivity contribution in [1.29, 1.82) is 0 Å². The zero-order chi connectivity index (χ0) is 30.4. The minimum absolute atomic E-state index is 0.0103. The minimum atomic E-state index is -1.01. The molecule has 2 N–H and O–H groups in total. The Morgan fingerprint density at radius 2 is 1.79 bits per heavy atom. The molecule has 2 atom stereocenters. The number of hydrogen-bond donors (Lipinski definition) is 2. The van der Waals surface area contributed by atoms with Crippen molar-refractivity contribution in [2.75, 3.05) is 32.6 Å². The highest BCUT2D eigenvalue weighted by molar-refractivity contribution is 6.01. The lowest BCUT2D eigenvalue weighted by Gasteiger charge is -2.46. The smallest absolute Gasteiger partial charge is 0.250 e. The zero-order valence-electron chi connectivity index (χ0n) is 25.8. The zero-order valence-corrected chi connectivity index (χ0v) is 25.8. The SMILES string of the molecule is COc1ccc(NC(=O)C2(N(Cc3ccco3)C(=O)C[C@H]3[C@H](c4c(C)[nH]c5ccccc45)C3(C)C)CCN(C)CC2)cc1. The van der Waals surface area contributed by atoms with Crippen LogP contribution in [0.25, 0.3) is 10.9 Å². The van der Waals surface area contributed by atoms with E-state index in [1.807, 2.05) is 47.4 Å². The molecule has 3 heterocycles. The first-order valence-corrected chi connectivity index (χ1v) is 15.2. The normalized spacial score (nSPS) is 21.0. The van der Waals surface area contributed by atoms with E-state index in [4.69, 9.17) is 9.15 Å². The first-order chi connectivity index (χ1) is 20.6. The van der Waals surface area contributed by atoms with E-state index in [1.54, 1.807) is 13.4 Å². The Morgan fingerprint density at radius 1 is 1.07 bits per heavy atom. The lowest BCUT2D eigenvalue weighted by atomic mass is 9.83. The van der Waals surface area contributed by atoms with E-state index in [-0.39, 0.29) is 35.6 Å². The topological polar surface area (TPSA) is 90.8 Å². The van der Waals surface area contributed by atoms with Crippen molar-refractivity contribution >= 4 is 28.4 Å². The summed E-state index contributed by atoms with van der Waals surface area (Å²) in [7, 11) is 3.68. The van der Waals surface area contributed by atoms with Crippen molar-refractivity contribution in [3.8, 4) is 5.75 Å². The van der Waals surface area contributed by atoms with Crippen LogP contribution in [-0.2, 0) is 16.1 Å². The fraction of sp³-hybridized carbons (Fsp3) is 0.429. The van der Waals surface area contributed by atoms with Crippen LogP contribution in [0.5, 0.6) is 5.75 Å². The Bertz CT molecular complexity index is 1600. The van der Waals surface area contributed by atoms with Crippen molar-refractivity contribution in [2.24, 2.45) is 11.3 Å². The number of benzene rings is 2. The Morgan fingerprint density at radius 3 is 2.47 bits per heavy atom. The van der Waals surface area contributed by atoms with Crippen LogP contribution in [0, 0.1) is 18.3 Å². The first kappa shape index (κ1) is 29.1. The van der Waals surface area contributed by atoms with Crippen molar-refractivity contribution < 1.29 is 18.7 Å². The first-order valence-electron chi connectivity index (χ1n) is 15.2. The van der Waals surface area contributed by atoms with Gasteiger partial charge in [0.05, 0.1) is 19.9 Å². The number of anilines is 1. The molecule has 1 saturated carbocycles. The number of amides is 2. The number of para-hydroxylation sites is 1. The number of aromatic nitrogens is 1. The molecule has 2 aliphatic rings. The van der Waals surface area contributed by atoms with E-state index in [0.29, 0.717) is 49.5 Å². The summed E-state index contributed by atoms with van der Waals surface area (Å²) in [5.41, 5.74) is 3.21. The summed E-state index contributed by atoms with van der Waals surface area (Å²) in [6.45, 7) is 8.32. The second kappa shape index (κ2) is 11.2. The molecule has 2 aromatic carbocycles. The molecule has 226 valence electrons. The maximum Gasteiger partial charge on any atom is 0.250 e. The van der Waals surface area contributed by atoms with Crippen LogP contribution in [-0.4, -0.2) is 59.4 Å². The average Bonchev–Trinajstić information content (AvgIpc) is 3.37. The van der Waals surface area contributed by atoms with Gasteiger partial charge < -0.3 is 29.3 Å². The number of piperidine rings is 1. The molecule has 8 nitrogen and oxygen atoms in total. The van der Waals surface area contributed by atoms with E-state index in [0.717, 1.165) is 11.2 Å². The standard InChI is InChI=1S/C35H42N4O4/c1-23-31(27-10-6-7-11-29(27)36-23)32-28(34(32,2)3)21-30(40)39(22-26-9-8-20-43-26)35(16-18-38(4)19-17-35)33(41)37-24-12-14-25(42-5)15-13-24/h6-15,20,28,32,36H,16-19,21-22H2,1-5H3,(H,37,41)/t28-,32+/m0/s1. The van der Waals surface area contributed by atoms with Crippen molar-refractivity contribution in [1.82, 2.24) is 14.8 Å². The molecule has 2 amide bonds. The van der Waals surface area contributed by atoms with Gasteiger partial charge in [0.2, 0.25) is 11.8 Å². The van der Waals surface area contributed by atoms with Gasteiger partial charge in [-0.2, -0.15) is 0 Å². The van der Waals surface area contributed by atoms with Crippen LogP contribution >= 0.6 is 0 Å². The predicted octanol–water partition coefficient (Wildman–Crippen LogP) is 6.34. The molecule has 0 bridgehead atoms. The van der Waals surface area contributed by atoms with Gasteiger partial charge in [-0.1, -0.05) is 32.0 Å². The second-order valence-corrected chi connectivity index (χ2v) is 12.9. The molecule has 6 rings (SSSR count). The molecule has 0 unspecified atom stereocenters. The Balaban J connectivity index is 1.32. The number of H-pyrrole nitrogens is 1. The summed E-state index contributed by atoms with van der Waals surface area (Å²) >= 11 is 0. The van der Waals surface area contributed by atoms with Gasteiger partial charge in [0.15, 0.2) is 0 Å². The van der Waals surface area contributed by atoms with Gasteiger partial charge in [-0.3, -0.25) is 9.59 Å². The number of furan rings is 1. The van der Waals surface area contributed by atoms with Gasteiger partial charge in [-0.15, -0.1) is 0 Å². The molecule has 0 radical (unpaired) electrons. The monoisotopic (exact) mass is 582 g/mol. The number of ether oxygens (including phenoxy) is 1. The summed E-state index contributed by atoms with van der Waals surface area (Å²) in [6, 6.07) is 19.4. The number of likely N-dealkylation sites (tertiary alicyclic amines) is 1. The number of methoxy groups -OCH3 is 1. The summed E-state index contributed by atoms with van der Waals surface area (Å²) in [5, 5.41) is 4.36. The number of nitrogens with one attached hydrogen (secondary N) is 2. The Labute approximate surface area is 253 Å². The predicted molar refractivity (Wildman–Crippen MR) is 168 cm³/mol. The number of aromatic amines is 1. The number of carbonyl (C=O) groups excluding carboxylic acids is 2. The van der Waals surface area contributed by atoms with Gasteiger partial charge in [-0.25, -0.2) is 0 Å². The number of fused-ring (bicyclic) bond motifs is 1. The fourth-order valence-corrected chi connectivity index (χ4v) is 7.26. The molecule has 2 fully saturated rings. The highest BCUT2D eigenvalue weighted by Crippen LogP contribution is 2.67. The van der Waals surface area contributed by atoms with E-state index >= 15 is 0 Å². The van der Waals surface area contributed by atoms with E-state index in [9.17, 15) is 9.59 Å². The second-order valence-electron chi connectivity index (χ2n) is 12.9. The number of carbonyl (C=O) groups is 2. The number of rotatable bonds is 9. The van der Waals surface area contributed by atoms with E-state index in [1.165, 1.54) is 10.9 Å². The van der Waals surface area contributed by atoms with Crippen molar-refractivity contribution in [3.05, 3.63) is 83.9 Å². The van der Waals surface area contributed by atoms with E-state index in [2.05, 4.69) is 61.2 Å². The van der Waals surface area contributed by atoms with Gasteiger partial charge >= 0.3 is 0 Å². The average molecular weight is 583 g/mol. The van der Waals surface area contributed by atoms with Crippen LogP contribution in [0.3, 0.4) is 0 Å². The van der Waals surface area contributed by atoms with Crippen molar-refractivity contribution in [3.63, 3.8) is 0 Å². The summed E-state index contributed by atoms with van der Waals surface area (Å²) in [4.78, 5) is 36.5. The van der Waals surface area contributed by atoms with Crippen molar-refractivity contribution in [2.45, 2.75) is 58.0 Å². The molecule has 1 aliphatic heterocycles. The highest BCUT2D eigenvalue weighted by atomic mass is 16.5. The van der Waals surface area contributed by atoms with Crippen LogP contribution in [0.2, 0.25) is 0 Å². The van der Waals surface area contributed by atoms with Crippen LogP contribution < -0.4 is 10.1 Å². The van der Waals surface area contributed by atoms with Crippen LogP contribution in [0.4, 0.5) is 5.69 Å². The van der Waals surface area contributed by atoms with Crippen LogP contribution in [0.15, 0.2) is 71.3 Å². The van der Waals surface area contributed by atoms with E-state index < -0.39 is 5.54 Å². The Kier molecular flexibility index (Phi) is 7.59. The fourth-order valence-electron chi connectivity index (χ4n) is 7.26. The number of nitrogens with zero attached hydrogens (tertiary/aromatic N) is 2. The van der Waals surface area contributed by atoms with Gasteiger partial charge in [-0.05, 0) is 92.1 Å². The maximum atomic E-state index is 14.6. The maximum absolute atomic E-state index is 14.6. The molecule has 8 heteroatoms. The molecule has 0 spiro atoms. The van der Waals surface area contributed by atoms with Gasteiger partial charge in [0.1, 0.15) is 17.0 Å². The highest BCUT2D eigenvalue weighted by Gasteiger charge is 2.60. The molecule has 4 aromatic rings. The van der Waals surface area contributed by atoms with Gasteiger partial charge in [0, 0.05) is 41.8 Å². The molecular weight excluding hydrogens is 540 g/mol. The molecular formula is C35H42N4O4. The Hall–Kier alpha value is -4.04. The minimum Gasteiger partial charge on any atom is -0.497 e. The summed E-state index contributed by atoms with van der Waals surface area (Å²) in [5.74, 6) is 1.62. The van der Waals surface area contributed by atoms with Crippen LogP contribution in [0.1, 0.15) is 56.0 Å².